The summed E-state index contributed by atoms with van der Waals surface area (Å²) in [5.41, 5.74) is 4.07. The van der Waals surface area contributed by atoms with E-state index >= 15 is 0 Å². The summed E-state index contributed by atoms with van der Waals surface area (Å²) in [5.74, 6) is 0.208. The number of anilines is 1. The average Bonchev–Trinajstić information content (AvgIpc) is 3.51. The van der Waals surface area contributed by atoms with Gasteiger partial charge in [-0.15, -0.1) is 0 Å². The van der Waals surface area contributed by atoms with Crippen molar-refractivity contribution in [3.05, 3.63) is 29.3 Å². The fraction of sp³-hybridized carbons (Fsp3) is 0.682. The molecule has 0 atom stereocenters. The molecule has 1 amide bonds. The van der Waals surface area contributed by atoms with Gasteiger partial charge >= 0.3 is 0 Å². The summed E-state index contributed by atoms with van der Waals surface area (Å²) < 4.78 is 0. The highest BCUT2D eigenvalue weighted by atomic mass is 16.2. The minimum Gasteiger partial charge on any atom is -0.369 e. The Balaban J connectivity index is 1.20. The Morgan fingerprint density at radius 1 is 1.00 bits per heavy atom. The Labute approximate surface area is 163 Å². The number of hydrogen-bond donors (Lipinski definition) is 1. The van der Waals surface area contributed by atoms with Crippen molar-refractivity contribution >= 4 is 11.6 Å². The molecular formula is C22H34N4O. The van der Waals surface area contributed by atoms with Crippen LogP contribution >= 0.6 is 0 Å². The number of carbonyl (C=O) groups is 1. The Bertz CT molecular complexity index is 656. The first kappa shape index (κ1) is 18.8. The Morgan fingerprint density at radius 2 is 1.70 bits per heavy atom. The van der Waals surface area contributed by atoms with Crippen LogP contribution in [0.25, 0.3) is 0 Å². The van der Waals surface area contributed by atoms with Crippen molar-refractivity contribution in [2.75, 3.05) is 50.7 Å². The van der Waals surface area contributed by atoms with E-state index in [-0.39, 0.29) is 5.91 Å². The zero-order chi connectivity index (χ0) is 18.8. The molecule has 0 radical (unpaired) electrons. The molecule has 0 aromatic heterocycles. The molecule has 2 saturated heterocycles. The lowest BCUT2D eigenvalue weighted by atomic mass is 10.0. The Morgan fingerprint density at radius 3 is 2.37 bits per heavy atom. The molecule has 5 heteroatoms. The van der Waals surface area contributed by atoms with Gasteiger partial charge in [0.05, 0.1) is 6.54 Å². The minimum absolute atomic E-state index is 0.208. The van der Waals surface area contributed by atoms with Crippen LogP contribution in [-0.4, -0.2) is 73.6 Å². The summed E-state index contributed by atoms with van der Waals surface area (Å²) in [6.07, 6.45) is 4.99. The van der Waals surface area contributed by atoms with Gasteiger partial charge < -0.3 is 15.1 Å². The molecule has 0 bridgehead atoms. The highest BCUT2D eigenvalue weighted by molar-refractivity contribution is 5.78. The molecule has 3 aliphatic rings. The summed E-state index contributed by atoms with van der Waals surface area (Å²) in [7, 11) is 0. The van der Waals surface area contributed by atoms with Crippen LogP contribution in [0.2, 0.25) is 0 Å². The van der Waals surface area contributed by atoms with Crippen molar-refractivity contribution in [1.82, 2.24) is 15.1 Å². The fourth-order valence-corrected chi connectivity index (χ4v) is 4.55. The van der Waals surface area contributed by atoms with Crippen molar-refractivity contribution in [2.24, 2.45) is 0 Å². The van der Waals surface area contributed by atoms with Crippen molar-refractivity contribution in [2.45, 2.75) is 51.6 Å². The summed E-state index contributed by atoms with van der Waals surface area (Å²) in [4.78, 5) is 19.8. The first-order valence-electron chi connectivity index (χ1n) is 10.7. The molecule has 0 spiro atoms. The monoisotopic (exact) mass is 370 g/mol. The number of benzene rings is 1. The molecule has 1 saturated carbocycles. The van der Waals surface area contributed by atoms with Gasteiger partial charge in [0.2, 0.25) is 5.91 Å². The number of likely N-dealkylation sites (tertiary alicyclic amines) is 1. The number of piperazine rings is 1. The number of piperidine rings is 1. The second kappa shape index (κ2) is 8.19. The molecule has 2 heterocycles. The van der Waals surface area contributed by atoms with E-state index in [9.17, 15) is 4.79 Å². The van der Waals surface area contributed by atoms with Gasteiger partial charge in [-0.2, -0.15) is 0 Å². The molecule has 5 nitrogen and oxygen atoms in total. The summed E-state index contributed by atoms with van der Waals surface area (Å²) in [6, 6.07) is 7.78. The Hall–Kier alpha value is -1.59. The minimum atomic E-state index is 0.208. The van der Waals surface area contributed by atoms with Crippen molar-refractivity contribution in [1.29, 1.82) is 0 Å². The smallest absolute Gasteiger partial charge is 0.234 e. The number of nitrogens with zero attached hydrogens (tertiary/aromatic N) is 3. The van der Waals surface area contributed by atoms with E-state index in [0.29, 0.717) is 12.6 Å². The highest BCUT2D eigenvalue weighted by Gasteiger charge is 2.32. The average molecular weight is 371 g/mol. The van der Waals surface area contributed by atoms with Crippen LogP contribution in [0.4, 0.5) is 5.69 Å². The van der Waals surface area contributed by atoms with Gasteiger partial charge in [0.15, 0.2) is 0 Å². The van der Waals surface area contributed by atoms with Crippen LogP contribution in [0.1, 0.15) is 36.8 Å². The predicted molar refractivity (Wildman–Crippen MR) is 110 cm³/mol. The van der Waals surface area contributed by atoms with Crippen molar-refractivity contribution in [3.8, 4) is 0 Å². The third kappa shape index (κ3) is 4.64. The zero-order valence-corrected chi connectivity index (χ0v) is 16.9. The van der Waals surface area contributed by atoms with Crippen LogP contribution < -0.4 is 10.2 Å². The van der Waals surface area contributed by atoms with Gasteiger partial charge in [0.1, 0.15) is 0 Å². The van der Waals surface area contributed by atoms with E-state index in [1.807, 2.05) is 0 Å². The van der Waals surface area contributed by atoms with Gasteiger partial charge in [-0.05, 0) is 56.7 Å². The first-order valence-corrected chi connectivity index (χ1v) is 10.7. The van der Waals surface area contributed by atoms with Gasteiger partial charge in [-0.25, -0.2) is 0 Å². The standard InChI is InChI=1S/C22H34N4O/c1-17-4-3-5-21(18(17)2)26-14-12-24(13-15-26)16-22(27)23-19-8-10-25(11-9-19)20-6-7-20/h3-5,19-20H,6-16H2,1-2H3,(H,23,27). The number of nitrogens with one attached hydrogen (secondary N) is 1. The zero-order valence-electron chi connectivity index (χ0n) is 16.9. The van der Waals surface area contributed by atoms with Gasteiger partial charge in [-0.3, -0.25) is 9.69 Å². The summed E-state index contributed by atoms with van der Waals surface area (Å²) in [5, 5.41) is 3.28. The van der Waals surface area contributed by atoms with E-state index in [4.69, 9.17) is 0 Å². The second-order valence-electron chi connectivity index (χ2n) is 8.59. The maximum atomic E-state index is 12.5. The van der Waals surface area contributed by atoms with Crippen LogP contribution in [0.5, 0.6) is 0 Å². The quantitative estimate of drug-likeness (QED) is 0.862. The molecule has 1 aliphatic carbocycles. The topological polar surface area (TPSA) is 38.8 Å². The Kier molecular flexibility index (Phi) is 5.69. The van der Waals surface area contributed by atoms with Crippen LogP contribution in [0.15, 0.2) is 18.2 Å². The highest BCUT2D eigenvalue weighted by Crippen LogP contribution is 2.29. The maximum Gasteiger partial charge on any atom is 0.234 e. The van der Waals surface area contributed by atoms with Gasteiger partial charge in [-0.1, -0.05) is 12.1 Å². The van der Waals surface area contributed by atoms with E-state index in [1.165, 1.54) is 29.7 Å². The lowest BCUT2D eigenvalue weighted by molar-refractivity contribution is -0.123. The van der Waals surface area contributed by atoms with E-state index in [1.54, 1.807) is 0 Å². The van der Waals surface area contributed by atoms with E-state index < -0.39 is 0 Å². The predicted octanol–water partition coefficient (Wildman–Crippen LogP) is 2.17. The fourth-order valence-electron chi connectivity index (χ4n) is 4.55. The van der Waals surface area contributed by atoms with Crippen molar-refractivity contribution < 1.29 is 4.79 Å². The molecule has 1 aromatic carbocycles. The van der Waals surface area contributed by atoms with Crippen molar-refractivity contribution in [3.63, 3.8) is 0 Å². The van der Waals surface area contributed by atoms with Crippen LogP contribution in [-0.2, 0) is 4.79 Å². The number of rotatable bonds is 5. The SMILES string of the molecule is Cc1cccc(N2CCN(CC(=O)NC3CCN(C4CC4)CC3)CC2)c1C. The first-order chi connectivity index (χ1) is 13.1. The molecule has 2 aliphatic heterocycles. The molecular weight excluding hydrogens is 336 g/mol. The second-order valence-corrected chi connectivity index (χ2v) is 8.59. The summed E-state index contributed by atoms with van der Waals surface area (Å²) >= 11 is 0. The van der Waals surface area contributed by atoms with Crippen LogP contribution in [0.3, 0.4) is 0 Å². The molecule has 148 valence electrons. The third-order valence-corrected chi connectivity index (χ3v) is 6.61. The number of aryl methyl sites for hydroxylation is 1. The lowest BCUT2D eigenvalue weighted by Gasteiger charge is -2.37. The number of carbonyl (C=O) groups excluding carboxylic acids is 1. The number of hydrogen-bond acceptors (Lipinski definition) is 4. The normalized spacial score (nSPS) is 22.8. The molecule has 4 rings (SSSR count). The molecule has 1 N–H and O–H groups in total. The van der Waals surface area contributed by atoms with Gasteiger partial charge in [0, 0.05) is 57.0 Å². The van der Waals surface area contributed by atoms with E-state index in [2.05, 4.69) is 52.1 Å². The van der Waals surface area contributed by atoms with Crippen LogP contribution in [0, 0.1) is 13.8 Å². The third-order valence-electron chi connectivity index (χ3n) is 6.61. The number of amides is 1. The lowest BCUT2D eigenvalue weighted by Crippen LogP contribution is -2.52. The molecule has 1 aromatic rings. The molecule has 3 fully saturated rings. The molecule has 27 heavy (non-hydrogen) atoms. The molecule has 0 unspecified atom stereocenters. The van der Waals surface area contributed by atoms with Gasteiger partial charge in [0.25, 0.3) is 0 Å². The maximum absolute atomic E-state index is 12.5. The van der Waals surface area contributed by atoms with E-state index in [0.717, 1.165) is 58.2 Å². The summed E-state index contributed by atoms with van der Waals surface area (Å²) in [6.45, 7) is 11.2. The largest absolute Gasteiger partial charge is 0.369 e.